The molecular formula is C18H21N3O3. The topological polar surface area (TPSA) is 79.5 Å². The Morgan fingerprint density at radius 1 is 0.958 bits per heavy atom. The molecular weight excluding hydrogens is 306 g/mol. The molecule has 0 atom stereocenters. The molecule has 6 heteroatoms. The fourth-order valence-corrected chi connectivity index (χ4v) is 2.15. The van der Waals surface area contributed by atoms with E-state index < -0.39 is 0 Å². The monoisotopic (exact) mass is 327 g/mol. The predicted molar refractivity (Wildman–Crippen MR) is 95.5 cm³/mol. The predicted octanol–water partition coefficient (Wildman–Crippen LogP) is 3.09. The van der Waals surface area contributed by atoms with Crippen LogP contribution in [0.3, 0.4) is 0 Å². The highest BCUT2D eigenvalue weighted by Gasteiger charge is 2.04. The van der Waals surface area contributed by atoms with Crippen LogP contribution in [0.5, 0.6) is 5.75 Å². The van der Waals surface area contributed by atoms with E-state index in [9.17, 15) is 9.59 Å². The lowest BCUT2D eigenvalue weighted by atomic mass is 10.2. The normalized spacial score (nSPS) is 9.92. The molecule has 2 rings (SSSR count). The molecule has 0 aliphatic rings. The minimum absolute atomic E-state index is 0.106. The highest BCUT2D eigenvalue weighted by molar-refractivity contribution is 5.93. The number of hydrogen-bond acceptors (Lipinski definition) is 4. The van der Waals surface area contributed by atoms with E-state index in [1.54, 1.807) is 31.4 Å². The maximum absolute atomic E-state index is 12.0. The summed E-state index contributed by atoms with van der Waals surface area (Å²) in [5.74, 6) is 0.505. The maximum Gasteiger partial charge on any atom is 0.226 e. The summed E-state index contributed by atoms with van der Waals surface area (Å²) in [5, 5.41) is 8.66. The van der Waals surface area contributed by atoms with Crippen LogP contribution in [0.2, 0.25) is 0 Å². The standard InChI is InChI=1S/C18H21N3O3/c1-13(22)20-15-6-3-7-16(11-15)21-18(23)9-10-19-14-5-4-8-17(12-14)24-2/h3-8,11-12,19H,9-10H2,1-2H3,(H,20,22)(H,21,23). The second-order valence-electron chi connectivity index (χ2n) is 5.22. The first-order valence-corrected chi connectivity index (χ1v) is 7.62. The lowest BCUT2D eigenvalue weighted by molar-refractivity contribution is -0.116. The number of carbonyl (C=O) groups is 2. The van der Waals surface area contributed by atoms with Gasteiger partial charge in [0.05, 0.1) is 7.11 Å². The Hall–Kier alpha value is -3.02. The lowest BCUT2D eigenvalue weighted by Gasteiger charge is -2.09. The molecule has 0 unspecified atom stereocenters. The number of methoxy groups -OCH3 is 1. The number of ether oxygens (including phenoxy) is 1. The Morgan fingerprint density at radius 3 is 2.33 bits per heavy atom. The van der Waals surface area contributed by atoms with Gasteiger partial charge in [0.25, 0.3) is 0 Å². The summed E-state index contributed by atoms with van der Waals surface area (Å²) in [7, 11) is 1.61. The molecule has 126 valence electrons. The average Bonchev–Trinajstić information content (AvgIpc) is 2.54. The van der Waals surface area contributed by atoms with Gasteiger partial charge in [-0.25, -0.2) is 0 Å². The molecule has 24 heavy (non-hydrogen) atoms. The van der Waals surface area contributed by atoms with Crippen molar-refractivity contribution in [1.82, 2.24) is 0 Å². The Morgan fingerprint density at radius 2 is 1.62 bits per heavy atom. The number of anilines is 3. The van der Waals surface area contributed by atoms with Gasteiger partial charge in [-0.1, -0.05) is 12.1 Å². The highest BCUT2D eigenvalue weighted by atomic mass is 16.5. The van der Waals surface area contributed by atoms with Crippen LogP contribution in [0.1, 0.15) is 13.3 Å². The number of hydrogen-bond donors (Lipinski definition) is 3. The van der Waals surface area contributed by atoms with E-state index in [0.717, 1.165) is 11.4 Å². The number of benzene rings is 2. The third-order valence-corrected chi connectivity index (χ3v) is 3.22. The lowest BCUT2D eigenvalue weighted by Crippen LogP contribution is -2.16. The number of amides is 2. The van der Waals surface area contributed by atoms with E-state index in [1.165, 1.54) is 6.92 Å². The molecule has 0 radical (unpaired) electrons. The van der Waals surface area contributed by atoms with Crippen molar-refractivity contribution in [2.24, 2.45) is 0 Å². The van der Waals surface area contributed by atoms with Gasteiger partial charge in [-0.3, -0.25) is 9.59 Å². The maximum atomic E-state index is 12.0. The summed E-state index contributed by atoms with van der Waals surface area (Å²) < 4.78 is 5.15. The van der Waals surface area contributed by atoms with E-state index in [4.69, 9.17) is 4.74 Å². The van der Waals surface area contributed by atoms with Crippen LogP contribution in [0.4, 0.5) is 17.1 Å². The van der Waals surface area contributed by atoms with Crippen molar-refractivity contribution in [2.45, 2.75) is 13.3 Å². The fourth-order valence-electron chi connectivity index (χ4n) is 2.15. The SMILES string of the molecule is COc1cccc(NCCC(=O)Nc2cccc(NC(C)=O)c2)c1. The fraction of sp³-hybridized carbons (Fsp3) is 0.222. The van der Waals surface area contributed by atoms with Crippen molar-refractivity contribution in [2.75, 3.05) is 29.6 Å². The van der Waals surface area contributed by atoms with Crippen molar-refractivity contribution in [1.29, 1.82) is 0 Å². The molecule has 2 aromatic carbocycles. The quantitative estimate of drug-likeness (QED) is 0.730. The van der Waals surface area contributed by atoms with Crippen molar-refractivity contribution in [3.63, 3.8) is 0 Å². The van der Waals surface area contributed by atoms with E-state index in [0.29, 0.717) is 24.3 Å². The van der Waals surface area contributed by atoms with Gasteiger partial charge in [0.1, 0.15) is 5.75 Å². The van der Waals surface area contributed by atoms with E-state index >= 15 is 0 Å². The summed E-state index contributed by atoms with van der Waals surface area (Å²) >= 11 is 0. The van der Waals surface area contributed by atoms with Gasteiger partial charge < -0.3 is 20.7 Å². The van der Waals surface area contributed by atoms with E-state index in [-0.39, 0.29) is 11.8 Å². The number of rotatable bonds is 7. The molecule has 0 fully saturated rings. The zero-order valence-corrected chi connectivity index (χ0v) is 13.8. The van der Waals surface area contributed by atoms with Crippen LogP contribution in [0, 0.1) is 0 Å². The summed E-state index contributed by atoms with van der Waals surface area (Å²) in [4.78, 5) is 23.0. The van der Waals surface area contributed by atoms with Crippen LogP contribution < -0.4 is 20.7 Å². The average molecular weight is 327 g/mol. The van der Waals surface area contributed by atoms with Crippen LogP contribution in [-0.4, -0.2) is 25.5 Å². The van der Waals surface area contributed by atoms with Crippen LogP contribution >= 0.6 is 0 Å². The summed E-state index contributed by atoms with van der Waals surface area (Å²) in [6.45, 7) is 1.94. The molecule has 0 spiro atoms. The van der Waals surface area contributed by atoms with Gasteiger partial charge in [-0.05, 0) is 30.3 Å². The molecule has 0 bridgehead atoms. The Labute approximate surface area is 141 Å². The molecule has 0 saturated heterocycles. The van der Waals surface area contributed by atoms with Crippen molar-refractivity contribution >= 4 is 28.9 Å². The van der Waals surface area contributed by atoms with Gasteiger partial charge in [-0.15, -0.1) is 0 Å². The zero-order valence-electron chi connectivity index (χ0n) is 13.8. The van der Waals surface area contributed by atoms with Crippen molar-refractivity contribution in [3.8, 4) is 5.75 Å². The third-order valence-electron chi connectivity index (χ3n) is 3.22. The molecule has 3 N–H and O–H groups in total. The van der Waals surface area contributed by atoms with Gasteiger partial charge >= 0.3 is 0 Å². The third kappa shape index (κ3) is 5.64. The molecule has 0 saturated carbocycles. The van der Waals surface area contributed by atoms with Gasteiger partial charge in [0.15, 0.2) is 0 Å². The van der Waals surface area contributed by atoms with Crippen molar-refractivity contribution < 1.29 is 14.3 Å². The Bertz CT molecular complexity index is 716. The molecule has 0 aromatic heterocycles. The van der Waals surface area contributed by atoms with Crippen LogP contribution in [-0.2, 0) is 9.59 Å². The smallest absolute Gasteiger partial charge is 0.226 e. The van der Waals surface area contributed by atoms with Gasteiger partial charge in [0, 0.05) is 43.0 Å². The van der Waals surface area contributed by atoms with E-state index in [1.807, 2.05) is 24.3 Å². The largest absolute Gasteiger partial charge is 0.497 e. The summed E-state index contributed by atoms with van der Waals surface area (Å²) in [5.41, 5.74) is 2.19. The Kier molecular flexibility index (Phi) is 6.19. The van der Waals surface area contributed by atoms with Gasteiger partial charge in [-0.2, -0.15) is 0 Å². The summed E-state index contributed by atoms with van der Waals surface area (Å²) in [6.07, 6.45) is 0.321. The first kappa shape index (κ1) is 17.3. The summed E-state index contributed by atoms with van der Waals surface area (Å²) in [6, 6.07) is 14.6. The van der Waals surface area contributed by atoms with Crippen LogP contribution in [0.25, 0.3) is 0 Å². The van der Waals surface area contributed by atoms with E-state index in [2.05, 4.69) is 16.0 Å². The zero-order chi connectivity index (χ0) is 17.4. The highest BCUT2D eigenvalue weighted by Crippen LogP contribution is 2.17. The first-order valence-electron chi connectivity index (χ1n) is 7.62. The molecule has 0 heterocycles. The second-order valence-corrected chi connectivity index (χ2v) is 5.22. The molecule has 2 amide bonds. The van der Waals surface area contributed by atoms with Crippen molar-refractivity contribution in [3.05, 3.63) is 48.5 Å². The first-order chi connectivity index (χ1) is 11.6. The van der Waals surface area contributed by atoms with Gasteiger partial charge in [0.2, 0.25) is 11.8 Å². The number of nitrogens with one attached hydrogen (secondary N) is 3. The molecule has 6 nitrogen and oxygen atoms in total. The molecule has 2 aromatic rings. The number of carbonyl (C=O) groups excluding carboxylic acids is 2. The minimum atomic E-state index is -0.152. The van der Waals surface area contributed by atoms with Crippen LogP contribution in [0.15, 0.2) is 48.5 Å². The Balaban J connectivity index is 1.81. The second kappa shape index (κ2) is 8.57. The molecule has 0 aliphatic carbocycles. The minimum Gasteiger partial charge on any atom is -0.497 e. The molecule has 0 aliphatic heterocycles.